The Morgan fingerprint density at radius 1 is 1.33 bits per heavy atom. The molecule has 0 spiro atoms. The van der Waals surface area contributed by atoms with E-state index in [-0.39, 0.29) is 12.3 Å². The summed E-state index contributed by atoms with van der Waals surface area (Å²) in [5.74, 6) is -0.299. The molecular formula is C17H20N2O4S. The smallest absolute Gasteiger partial charge is 0.308 e. The van der Waals surface area contributed by atoms with Crippen molar-refractivity contribution in [3.8, 4) is 17.0 Å². The molecule has 2 aromatic rings. The van der Waals surface area contributed by atoms with Gasteiger partial charge >= 0.3 is 5.97 Å². The summed E-state index contributed by atoms with van der Waals surface area (Å²) in [6.45, 7) is 6.17. The zero-order chi connectivity index (χ0) is 17.7. The minimum atomic E-state index is -0.934. The van der Waals surface area contributed by atoms with Gasteiger partial charge in [-0.3, -0.25) is 9.59 Å². The van der Waals surface area contributed by atoms with Crippen LogP contribution >= 0.6 is 11.3 Å². The Morgan fingerprint density at radius 2 is 2.08 bits per heavy atom. The second-order valence-electron chi connectivity index (χ2n) is 5.18. The Labute approximate surface area is 144 Å². The molecular weight excluding hydrogens is 328 g/mol. The molecule has 1 amide bonds. The lowest BCUT2D eigenvalue weighted by atomic mass is 10.1. The number of carbonyl (C=O) groups excluding carboxylic acids is 1. The summed E-state index contributed by atoms with van der Waals surface area (Å²) in [6, 6.07) is 5.61. The van der Waals surface area contributed by atoms with Gasteiger partial charge in [0.05, 0.1) is 18.7 Å². The van der Waals surface area contributed by atoms with Crippen LogP contribution in [0.5, 0.6) is 5.75 Å². The van der Waals surface area contributed by atoms with Gasteiger partial charge in [-0.05, 0) is 37.6 Å². The maximum atomic E-state index is 11.6. The first-order valence-electron chi connectivity index (χ1n) is 7.69. The van der Waals surface area contributed by atoms with Crippen LogP contribution in [0.4, 0.5) is 5.13 Å². The molecule has 2 rings (SSSR count). The first kappa shape index (κ1) is 17.9. The number of carbonyl (C=O) groups is 2. The number of carboxylic acids is 1. The summed E-state index contributed by atoms with van der Waals surface area (Å²) in [7, 11) is 0. The second kappa shape index (κ2) is 7.92. The normalized spacial score (nSPS) is 10.5. The van der Waals surface area contributed by atoms with Crippen LogP contribution in [0.2, 0.25) is 0 Å². The molecule has 6 nitrogen and oxygen atoms in total. The summed E-state index contributed by atoms with van der Waals surface area (Å²) in [5, 5.41) is 12.2. The van der Waals surface area contributed by atoms with Gasteiger partial charge in [0.15, 0.2) is 5.13 Å². The molecule has 24 heavy (non-hydrogen) atoms. The Bertz CT molecular complexity index is 755. The number of aryl methyl sites for hydroxylation is 1. The van der Waals surface area contributed by atoms with Crippen molar-refractivity contribution in [3.05, 3.63) is 28.6 Å². The minimum absolute atomic E-state index is 0.138. The number of benzene rings is 1. The van der Waals surface area contributed by atoms with E-state index < -0.39 is 5.97 Å². The Kier molecular flexibility index (Phi) is 5.92. The van der Waals surface area contributed by atoms with E-state index >= 15 is 0 Å². The number of nitrogens with one attached hydrogen (secondary N) is 1. The molecule has 0 aliphatic carbocycles. The van der Waals surface area contributed by atoms with Crippen LogP contribution < -0.4 is 10.1 Å². The average Bonchev–Trinajstić information content (AvgIpc) is 2.90. The van der Waals surface area contributed by atoms with E-state index in [1.807, 2.05) is 32.0 Å². The molecule has 1 aromatic heterocycles. The van der Waals surface area contributed by atoms with Crippen LogP contribution in [-0.2, 0) is 16.0 Å². The van der Waals surface area contributed by atoms with Gasteiger partial charge in [-0.15, -0.1) is 11.3 Å². The van der Waals surface area contributed by atoms with E-state index in [2.05, 4.69) is 10.3 Å². The number of hydrogen-bond donors (Lipinski definition) is 2. The number of anilines is 1. The fourth-order valence-electron chi connectivity index (χ4n) is 2.21. The maximum absolute atomic E-state index is 11.6. The van der Waals surface area contributed by atoms with Crippen LogP contribution in [-0.4, -0.2) is 28.6 Å². The summed E-state index contributed by atoms with van der Waals surface area (Å²) in [4.78, 5) is 27.7. The third-order valence-corrected chi connectivity index (χ3v) is 4.30. The van der Waals surface area contributed by atoms with E-state index in [4.69, 9.17) is 9.84 Å². The average molecular weight is 348 g/mol. The van der Waals surface area contributed by atoms with Gasteiger partial charge < -0.3 is 15.2 Å². The van der Waals surface area contributed by atoms with Crippen LogP contribution in [0.25, 0.3) is 11.3 Å². The predicted molar refractivity (Wildman–Crippen MR) is 93.7 cm³/mol. The van der Waals surface area contributed by atoms with E-state index in [0.717, 1.165) is 16.9 Å². The lowest BCUT2D eigenvalue weighted by Gasteiger charge is -2.08. The molecule has 0 radical (unpaired) electrons. The number of aromatic nitrogens is 1. The van der Waals surface area contributed by atoms with E-state index in [1.54, 1.807) is 6.92 Å². The largest absolute Gasteiger partial charge is 0.494 e. The van der Waals surface area contributed by atoms with Crippen molar-refractivity contribution in [1.29, 1.82) is 0 Å². The molecule has 2 N–H and O–H groups in total. The van der Waals surface area contributed by atoms with Crippen molar-refractivity contribution in [2.75, 3.05) is 11.9 Å². The molecule has 128 valence electrons. The highest BCUT2D eigenvalue weighted by atomic mass is 32.1. The molecule has 0 fully saturated rings. The highest BCUT2D eigenvalue weighted by Gasteiger charge is 2.17. The quantitative estimate of drug-likeness (QED) is 0.799. The van der Waals surface area contributed by atoms with Crippen LogP contribution in [0.15, 0.2) is 18.2 Å². The number of hydrogen-bond acceptors (Lipinski definition) is 5. The zero-order valence-corrected chi connectivity index (χ0v) is 14.7. The first-order valence-corrected chi connectivity index (χ1v) is 8.51. The summed E-state index contributed by atoms with van der Waals surface area (Å²) in [6.07, 6.45) is 0.201. The van der Waals surface area contributed by atoms with E-state index in [0.29, 0.717) is 28.7 Å². The van der Waals surface area contributed by atoms with Crippen molar-refractivity contribution in [1.82, 2.24) is 4.98 Å². The molecule has 0 atom stereocenters. The van der Waals surface area contributed by atoms with Crippen molar-refractivity contribution in [2.45, 2.75) is 33.6 Å². The fourth-order valence-corrected chi connectivity index (χ4v) is 3.20. The monoisotopic (exact) mass is 348 g/mol. The molecule has 0 aliphatic heterocycles. The Balaban J connectivity index is 2.41. The van der Waals surface area contributed by atoms with E-state index in [1.165, 1.54) is 11.3 Å². The number of carboxylic acid groups (broad SMARTS) is 1. The molecule has 7 heteroatoms. The number of thiazole rings is 1. The van der Waals surface area contributed by atoms with Crippen molar-refractivity contribution in [3.63, 3.8) is 0 Å². The lowest BCUT2D eigenvalue weighted by Crippen LogP contribution is -2.08. The first-order chi connectivity index (χ1) is 11.4. The lowest BCUT2D eigenvalue weighted by molar-refractivity contribution is -0.136. The fraction of sp³-hybridized carbons (Fsp3) is 0.353. The number of rotatable bonds is 7. The van der Waals surface area contributed by atoms with Gasteiger partial charge in [0, 0.05) is 16.9 Å². The second-order valence-corrected chi connectivity index (χ2v) is 6.26. The highest BCUT2D eigenvalue weighted by Crippen LogP contribution is 2.34. The van der Waals surface area contributed by atoms with Crippen LogP contribution in [0.3, 0.4) is 0 Å². The van der Waals surface area contributed by atoms with Gasteiger partial charge in [-0.25, -0.2) is 4.98 Å². The molecule has 0 saturated heterocycles. The van der Waals surface area contributed by atoms with Crippen molar-refractivity contribution >= 4 is 28.3 Å². The molecule has 0 aliphatic rings. The molecule has 1 heterocycles. The van der Waals surface area contributed by atoms with Gasteiger partial charge in [0.1, 0.15) is 5.75 Å². The number of ether oxygens (including phenoxy) is 1. The Morgan fingerprint density at radius 3 is 2.67 bits per heavy atom. The van der Waals surface area contributed by atoms with Crippen LogP contribution in [0, 0.1) is 6.92 Å². The zero-order valence-electron chi connectivity index (χ0n) is 13.9. The molecule has 0 bridgehead atoms. The van der Waals surface area contributed by atoms with Crippen LogP contribution in [0.1, 0.15) is 30.7 Å². The number of nitrogens with zero attached hydrogens (tertiary/aromatic N) is 1. The molecule has 0 saturated carbocycles. The topological polar surface area (TPSA) is 88.5 Å². The van der Waals surface area contributed by atoms with Gasteiger partial charge in [-0.2, -0.15) is 0 Å². The van der Waals surface area contributed by atoms with Crippen molar-refractivity contribution < 1.29 is 19.4 Å². The summed E-state index contributed by atoms with van der Waals surface area (Å²) >= 11 is 1.19. The van der Waals surface area contributed by atoms with Gasteiger partial charge in [-0.1, -0.05) is 6.92 Å². The standard InChI is InChI=1S/C17H20N2O4S/c1-4-14(20)18-17-19-16(13(24-17)9-15(21)22)11-6-7-12(23-5-2)10(3)8-11/h6-8H,4-5,9H2,1-3H3,(H,21,22)(H,18,19,20). The molecule has 1 aromatic carbocycles. The third kappa shape index (κ3) is 4.32. The Hall–Kier alpha value is -2.41. The third-order valence-electron chi connectivity index (χ3n) is 3.32. The SMILES string of the molecule is CCOc1ccc(-c2nc(NC(=O)CC)sc2CC(=O)O)cc1C. The maximum Gasteiger partial charge on any atom is 0.308 e. The van der Waals surface area contributed by atoms with E-state index in [9.17, 15) is 9.59 Å². The number of amides is 1. The highest BCUT2D eigenvalue weighted by molar-refractivity contribution is 7.16. The summed E-state index contributed by atoms with van der Waals surface area (Å²) < 4.78 is 5.53. The summed E-state index contributed by atoms with van der Waals surface area (Å²) in [5.41, 5.74) is 2.34. The van der Waals surface area contributed by atoms with Gasteiger partial charge in [0.25, 0.3) is 0 Å². The van der Waals surface area contributed by atoms with Crippen molar-refractivity contribution in [2.24, 2.45) is 0 Å². The molecule has 0 unspecified atom stereocenters. The number of aliphatic carboxylic acids is 1. The van der Waals surface area contributed by atoms with Gasteiger partial charge in [0.2, 0.25) is 5.91 Å². The predicted octanol–water partition coefficient (Wildman–Crippen LogP) is 3.49. The minimum Gasteiger partial charge on any atom is -0.494 e.